The summed E-state index contributed by atoms with van der Waals surface area (Å²) in [7, 11) is 1.70. The predicted octanol–water partition coefficient (Wildman–Crippen LogP) is 0.00520. The minimum absolute atomic E-state index is 0.0598. The average Bonchev–Trinajstić information content (AvgIpc) is 2.40. The molecule has 0 spiro atoms. The zero-order chi connectivity index (χ0) is 14.0. The summed E-state index contributed by atoms with van der Waals surface area (Å²) < 4.78 is 5.33. The second-order valence-corrected chi connectivity index (χ2v) is 4.55. The molecule has 0 fully saturated rings. The summed E-state index contributed by atoms with van der Waals surface area (Å²) in [5, 5.41) is 2.72. The van der Waals surface area contributed by atoms with E-state index in [0.29, 0.717) is 18.0 Å². The van der Waals surface area contributed by atoms with E-state index in [9.17, 15) is 9.59 Å². The number of hydrogen-bond donors (Lipinski definition) is 2. The lowest BCUT2D eigenvalue weighted by Gasteiger charge is -2.26. The lowest BCUT2D eigenvalue weighted by Crippen LogP contribution is -2.38. The zero-order valence-corrected chi connectivity index (χ0v) is 11.0. The van der Waals surface area contributed by atoms with Crippen molar-refractivity contribution in [3.63, 3.8) is 0 Å². The van der Waals surface area contributed by atoms with Crippen LogP contribution in [0.1, 0.15) is 12.5 Å². The number of hydrogen-bond acceptors (Lipinski definition) is 4. The number of fused-ring (bicyclic) bond motifs is 1. The highest BCUT2D eigenvalue weighted by Crippen LogP contribution is 2.31. The van der Waals surface area contributed by atoms with Gasteiger partial charge in [-0.2, -0.15) is 0 Å². The van der Waals surface area contributed by atoms with Crippen molar-refractivity contribution in [3.05, 3.63) is 23.8 Å². The van der Waals surface area contributed by atoms with Gasteiger partial charge < -0.3 is 20.7 Å². The number of rotatable bonds is 3. The summed E-state index contributed by atoms with van der Waals surface area (Å²) in [4.78, 5) is 24.5. The molecule has 0 aromatic heterocycles. The standard InChI is InChI=1S/C13H17N3O3/c1-8(14)13(18)15-6-9-3-4-11-10(5-9)16(2)12(17)7-19-11/h3-5,8H,6-7,14H2,1-2H3,(H,15,18). The number of anilines is 1. The minimum atomic E-state index is -0.537. The fourth-order valence-corrected chi connectivity index (χ4v) is 1.78. The number of nitrogens with two attached hydrogens (primary N) is 1. The lowest BCUT2D eigenvalue weighted by atomic mass is 10.1. The summed E-state index contributed by atoms with van der Waals surface area (Å²) in [5.74, 6) is 0.368. The van der Waals surface area contributed by atoms with Crippen LogP contribution in [0.2, 0.25) is 0 Å². The molecule has 1 aliphatic heterocycles. The summed E-state index contributed by atoms with van der Waals surface area (Å²) in [6.45, 7) is 2.06. The molecular weight excluding hydrogens is 246 g/mol. The molecule has 3 N–H and O–H groups in total. The Morgan fingerprint density at radius 1 is 1.58 bits per heavy atom. The summed E-state index contributed by atoms with van der Waals surface area (Å²) >= 11 is 0. The molecule has 1 atom stereocenters. The second kappa shape index (κ2) is 5.27. The largest absolute Gasteiger partial charge is 0.482 e. The van der Waals surface area contributed by atoms with Gasteiger partial charge in [-0.1, -0.05) is 6.07 Å². The Labute approximate surface area is 111 Å². The Morgan fingerprint density at radius 2 is 2.32 bits per heavy atom. The number of ether oxygens (including phenoxy) is 1. The van der Waals surface area contributed by atoms with Gasteiger partial charge in [0.1, 0.15) is 5.75 Å². The van der Waals surface area contributed by atoms with E-state index in [2.05, 4.69) is 5.32 Å². The van der Waals surface area contributed by atoms with E-state index in [4.69, 9.17) is 10.5 Å². The Hall–Kier alpha value is -2.08. The first kappa shape index (κ1) is 13.4. The number of likely N-dealkylation sites (N-methyl/N-ethyl adjacent to an activating group) is 1. The topological polar surface area (TPSA) is 84.7 Å². The fourth-order valence-electron chi connectivity index (χ4n) is 1.78. The number of nitrogens with one attached hydrogen (secondary N) is 1. The Morgan fingerprint density at radius 3 is 3.00 bits per heavy atom. The lowest BCUT2D eigenvalue weighted by molar-refractivity contribution is -0.122. The van der Waals surface area contributed by atoms with Gasteiger partial charge >= 0.3 is 0 Å². The van der Waals surface area contributed by atoms with Crippen LogP contribution in [0.4, 0.5) is 5.69 Å². The minimum Gasteiger partial charge on any atom is -0.482 e. The second-order valence-electron chi connectivity index (χ2n) is 4.55. The van der Waals surface area contributed by atoms with Gasteiger partial charge in [0.15, 0.2) is 6.61 Å². The third-order valence-corrected chi connectivity index (χ3v) is 2.99. The molecule has 1 heterocycles. The third kappa shape index (κ3) is 2.85. The van der Waals surface area contributed by atoms with Crippen molar-refractivity contribution in [2.24, 2.45) is 5.73 Å². The number of nitrogens with zero attached hydrogens (tertiary/aromatic N) is 1. The van der Waals surface area contributed by atoms with Gasteiger partial charge in [0.25, 0.3) is 5.91 Å². The Kier molecular flexibility index (Phi) is 3.71. The first-order valence-electron chi connectivity index (χ1n) is 6.04. The van der Waals surface area contributed by atoms with E-state index in [1.165, 1.54) is 0 Å². The van der Waals surface area contributed by atoms with Crippen molar-refractivity contribution < 1.29 is 14.3 Å². The van der Waals surface area contributed by atoms with Crippen LogP contribution in [0.5, 0.6) is 5.75 Å². The molecule has 2 rings (SSSR count). The maximum Gasteiger partial charge on any atom is 0.264 e. The van der Waals surface area contributed by atoms with Gasteiger partial charge in [-0.25, -0.2) is 0 Å². The first-order valence-corrected chi connectivity index (χ1v) is 6.04. The maximum atomic E-state index is 11.5. The molecule has 1 unspecified atom stereocenters. The Balaban J connectivity index is 2.12. The van der Waals surface area contributed by atoms with Gasteiger partial charge in [0.2, 0.25) is 5.91 Å². The van der Waals surface area contributed by atoms with E-state index in [1.54, 1.807) is 24.9 Å². The monoisotopic (exact) mass is 263 g/mol. The smallest absolute Gasteiger partial charge is 0.264 e. The molecule has 0 saturated heterocycles. The molecule has 19 heavy (non-hydrogen) atoms. The quantitative estimate of drug-likeness (QED) is 0.804. The highest BCUT2D eigenvalue weighted by molar-refractivity contribution is 5.97. The molecule has 6 heteroatoms. The fraction of sp³-hybridized carbons (Fsp3) is 0.385. The Bertz CT molecular complexity index is 514. The van der Waals surface area contributed by atoms with Gasteiger partial charge in [-0.05, 0) is 24.6 Å². The number of carbonyl (C=O) groups is 2. The van der Waals surface area contributed by atoms with E-state index in [-0.39, 0.29) is 18.4 Å². The molecule has 1 aliphatic rings. The van der Waals surface area contributed by atoms with Gasteiger partial charge in [0, 0.05) is 13.6 Å². The molecule has 0 saturated carbocycles. The summed E-state index contributed by atoms with van der Waals surface area (Å²) in [6.07, 6.45) is 0. The molecule has 1 aromatic carbocycles. The normalized spacial score (nSPS) is 15.5. The van der Waals surface area contributed by atoms with E-state index in [1.807, 2.05) is 12.1 Å². The molecule has 6 nitrogen and oxygen atoms in total. The average molecular weight is 263 g/mol. The van der Waals surface area contributed by atoms with E-state index < -0.39 is 6.04 Å². The van der Waals surface area contributed by atoms with Crippen molar-refractivity contribution >= 4 is 17.5 Å². The maximum absolute atomic E-state index is 11.5. The van der Waals surface area contributed by atoms with Crippen LogP contribution in [0.3, 0.4) is 0 Å². The van der Waals surface area contributed by atoms with Crippen LogP contribution < -0.4 is 20.7 Å². The van der Waals surface area contributed by atoms with Crippen molar-refractivity contribution in [1.82, 2.24) is 5.32 Å². The summed E-state index contributed by atoms with van der Waals surface area (Å²) in [6, 6.07) is 4.94. The number of amides is 2. The van der Waals surface area contributed by atoms with E-state index >= 15 is 0 Å². The van der Waals surface area contributed by atoms with Crippen molar-refractivity contribution in [2.75, 3.05) is 18.6 Å². The highest BCUT2D eigenvalue weighted by atomic mass is 16.5. The molecule has 0 aliphatic carbocycles. The van der Waals surface area contributed by atoms with Crippen LogP contribution >= 0.6 is 0 Å². The number of benzene rings is 1. The summed E-state index contributed by atoms with van der Waals surface area (Å²) in [5.41, 5.74) is 7.07. The van der Waals surface area contributed by atoms with Crippen LogP contribution in [0.15, 0.2) is 18.2 Å². The molecular formula is C13H17N3O3. The van der Waals surface area contributed by atoms with Gasteiger partial charge in [0.05, 0.1) is 11.7 Å². The van der Waals surface area contributed by atoms with Crippen LogP contribution in [0, 0.1) is 0 Å². The SMILES string of the molecule is CC(N)C(=O)NCc1ccc2c(c1)N(C)C(=O)CO2. The molecule has 1 aromatic rings. The molecule has 2 amide bonds. The van der Waals surface area contributed by atoms with Gasteiger partial charge in [-0.15, -0.1) is 0 Å². The van der Waals surface area contributed by atoms with Crippen LogP contribution in [-0.4, -0.2) is 31.5 Å². The third-order valence-electron chi connectivity index (χ3n) is 2.99. The number of carbonyl (C=O) groups excluding carboxylic acids is 2. The van der Waals surface area contributed by atoms with Crippen molar-refractivity contribution in [3.8, 4) is 5.75 Å². The zero-order valence-electron chi connectivity index (χ0n) is 11.0. The van der Waals surface area contributed by atoms with Crippen LogP contribution in [0.25, 0.3) is 0 Å². The molecule has 0 bridgehead atoms. The van der Waals surface area contributed by atoms with Crippen molar-refractivity contribution in [1.29, 1.82) is 0 Å². The predicted molar refractivity (Wildman–Crippen MR) is 70.8 cm³/mol. The van der Waals surface area contributed by atoms with Crippen molar-refractivity contribution in [2.45, 2.75) is 19.5 Å². The molecule has 102 valence electrons. The molecule has 0 radical (unpaired) electrons. The van der Waals surface area contributed by atoms with Crippen LogP contribution in [-0.2, 0) is 16.1 Å². The first-order chi connectivity index (χ1) is 8.99. The van der Waals surface area contributed by atoms with E-state index in [0.717, 1.165) is 5.56 Å². The highest BCUT2D eigenvalue weighted by Gasteiger charge is 2.22. The van der Waals surface area contributed by atoms with Gasteiger partial charge in [-0.3, -0.25) is 9.59 Å².